The molecule has 6 heteroatoms. The first-order chi connectivity index (χ1) is 8.03. The number of para-hydroxylation sites is 1. The summed E-state index contributed by atoms with van der Waals surface area (Å²) in [6.07, 6.45) is 0.348. The van der Waals surface area contributed by atoms with Crippen LogP contribution in [0.5, 0.6) is 0 Å². The van der Waals surface area contributed by atoms with Crippen molar-refractivity contribution in [3.63, 3.8) is 0 Å². The van der Waals surface area contributed by atoms with Gasteiger partial charge in [-0.2, -0.15) is 0 Å². The molecule has 1 aromatic carbocycles. The Hall–Kier alpha value is -1.56. The topological polar surface area (TPSA) is 72.5 Å². The first kappa shape index (κ1) is 13.5. The van der Waals surface area contributed by atoms with Gasteiger partial charge in [0.1, 0.15) is 0 Å². The van der Waals surface area contributed by atoms with Crippen LogP contribution in [0.15, 0.2) is 30.3 Å². The maximum atomic E-state index is 11.6. The number of carbonyl (C=O) groups is 1. The second-order valence-corrected chi connectivity index (χ2v) is 5.31. The summed E-state index contributed by atoms with van der Waals surface area (Å²) in [5.41, 5.74) is 0.519. The quantitative estimate of drug-likeness (QED) is 0.781. The van der Waals surface area contributed by atoms with Crippen molar-refractivity contribution >= 4 is 21.7 Å². The Labute approximate surface area is 101 Å². The fourth-order valence-corrected chi connectivity index (χ4v) is 2.37. The minimum Gasteiger partial charge on any atom is -0.469 e. The third-order valence-electron chi connectivity index (χ3n) is 2.07. The lowest BCUT2D eigenvalue weighted by molar-refractivity contribution is -0.140. The molecule has 5 nitrogen and oxygen atoms in total. The van der Waals surface area contributed by atoms with Gasteiger partial charge in [0.15, 0.2) is 0 Å². The van der Waals surface area contributed by atoms with E-state index in [1.807, 2.05) is 0 Å². The van der Waals surface area contributed by atoms with E-state index in [1.54, 1.807) is 30.3 Å². The van der Waals surface area contributed by atoms with Gasteiger partial charge in [-0.15, -0.1) is 0 Å². The summed E-state index contributed by atoms with van der Waals surface area (Å²) in [5.74, 6) is -0.503. The molecule has 0 unspecified atom stereocenters. The smallest absolute Gasteiger partial charge is 0.305 e. The minimum absolute atomic E-state index is 0.100. The van der Waals surface area contributed by atoms with Gasteiger partial charge in [0.05, 0.1) is 12.9 Å². The normalized spacial score (nSPS) is 10.9. The molecule has 94 valence electrons. The van der Waals surface area contributed by atoms with Gasteiger partial charge < -0.3 is 4.74 Å². The summed E-state index contributed by atoms with van der Waals surface area (Å²) in [4.78, 5) is 10.8. The van der Waals surface area contributed by atoms with Crippen LogP contribution in [0.25, 0.3) is 0 Å². The zero-order chi connectivity index (χ0) is 12.7. The third kappa shape index (κ3) is 5.35. The van der Waals surface area contributed by atoms with E-state index in [0.29, 0.717) is 5.69 Å². The van der Waals surface area contributed by atoms with E-state index in [9.17, 15) is 13.2 Å². The molecule has 0 aliphatic heterocycles. The number of carbonyl (C=O) groups excluding carboxylic acids is 1. The monoisotopic (exact) mass is 257 g/mol. The van der Waals surface area contributed by atoms with Crippen LogP contribution in [0.1, 0.15) is 12.8 Å². The average molecular weight is 257 g/mol. The fraction of sp³-hybridized carbons (Fsp3) is 0.364. The summed E-state index contributed by atoms with van der Waals surface area (Å²) < 4.78 is 30.1. The van der Waals surface area contributed by atoms with Gasteiger partial charge in [0, 0.05) is 12.1 Å². The summed E-state index contributed by atoms with van der Waals surface area (Å²) in [6.45, 7) is 0. The van der Waals surface area contributed by atoms with Gasteiger partial charge in [0.2, 0.25) is 10.0 Å². The Balaban J connectivity index is 2.44. The van der Waals surface area contributed by atoms with Crippen LogP contribution in [0.2, 0.25) is 0 Å². The largest absolute Gasteiger partial charge is 0.469 e. The molecule has 0 fully saturated rings. The van der Waals surface area contributed by atoms with Crippen molar-refractivity contribution in [3.8, 4) is 0 Å². The summed E-state index contributed by atoms with van der Waals surface area (Å²) in [5, 5.41) is 0. The summed E-state index contributed by atoms with van der Waals surface area (Å²) in [6, 6.07) is 8.61. The van der Waals surface area contributed by atoms with E-state index in [4.69, 9.17) is 0 Å². The summed E-state index contributed by atoms with van der Waals surface area (Å²) in [7, 11) is -2.12. The van der Waals surface area contributed by atoms with E-state index >= 15 is 0 Å². The van der Waals surface area contributed by atoms with Crippen LogP contribution in [-0.4, -0.2) is 27.2 Å². The Morgan fingerprint density at radius 3 is 2.53 bits per heavy atom. The molecule has 0 atom stereocenters. The van der Waals surface area contributed by atoms with Crippen LogP contribution in [-0.2, 0) is 19.6 Å². The highest BCUT2D eigenvalue weighted by Gasteiger charge is 2.11. The highest BCUT2D eigenvalue weighted by atomic mass is 32.2. The van der Waals surface area contributed by atoms with Gasteiger partial charge >= 0.3 is 5.97 Å². The number of rotatable bonds is 6. The zero-order valence-electron chi connectivity index (χ0n) is 9.55. The van der Waals surface area contributed by atoms with Crippen LogP contribution >= 0.6 is 0 Å². The molecule has 1 rings (SSSR count). The molecular formula is C11H15NO4S. The van der Waals surface area contributed by atoms with Crippen LogP contribution in [0, 0.1) is 0 Å². The number of hydrogen-bond donors (Lipinski definition) is 1. The van der Waals surface area contributed by atoms with Crippen molar-refractivity contribution < 1.29 is 17.9 Å². The van der Waals surface area contributed by atoms with Crippen molar-refractivity contribution in [1.29, 1.82) is 0 Å². The number of benzene rings is 1. The van der Waals surface area contributed by atoms with Crippen LogP contribution < -0.4 is 4.72 Å². The molecule has 17 heavy (non-hydrogen) atoms. The standard InChI is InChI=1S/C11H15NO4S/c1-16-11(13)8-5-9-17(14,15)12-10-6-3-2-4-7-10/h2-4,6-7,12H,5,8-9H2,1H3. The molecular weight excluding hydrogens is 242 g/mol. The Morgan fingerprint density at radius 2 is 1.94 bits per heavy atom. The number of sulfonamides is 1. The number of nitrogens with one attached hydrogen (secondary N) is 1. The van der Waals surface area contributed by atoms with Gasteiger partial charge in [-0.3, -0.25) is 9.52 Å². The Bertz CT molecular complexity index is 456. The van der Waals surface area contributed by atoms with Gasteiger partial charge in [-0.1, -0.05) is 18.2 Å². The molecule has 0 aliphatic carbocycles. The third-order valence-corrected chi connectivity index (χ3v) is 3.44. The fourth-order valence-electron chi connectivity index (χ4n) is 1.25. The second kappa shape index (κ2) is 6.24. The van der Waals surface area contributed by atoms with Crippen molar-refractivity contribution in [3.05, 3.63) is 30.3 Å². The number of esters is 1. The predicted molar refractivity (Wildman–Crippen MR) is 65.1 cm³/mol. The molecule has 0 amide bonds. The molecule has 1 aromatic rings. The predicted octanol–water partition coefficient (Wildman–Crippen LogP) is 1.38. The molecule has 0 heterocycles. The maximum Gasteiger partial charge on any atom is 0.305 e. The van der Waals surface area contributed by atoms with E-state index in [0.717, 1.165) is 0 Å². The number of ether oxygens (including phenoxy) is 1. The van der Waals surface area contributed by atoms with Gasteiger partial charge in [0.25, 0.3) is 0 Å². The molecule has 0 aromatic heterocycles. The van der Waals surface area contributed by atoms with Crippen LogP contribution in [0.3, 0.4) is 0 Å². The molecule has 0 saturated carbocycles. The molecule has 0 aliphatic rings. The van der Waals surface area contributed by atoms with Gasteiger partial charge in [-0.25, -0.2) is 8.42 Å². The lowest BCUT2D eigenvalue weighted by Gasteiger charge is -2.07. The summed E-state index contributed by atoms with van der Waals surface area (Å²) >= 11 is 0. The SMILES string of the molecule is COC(=O)CCCS(=O)(=O)Nc1ccccc1. The molecule has 0 saturated heterocycles. The molecule has 0 bridgehead atoms. The second-order valence-electron chi connectivity index (χ2n) is 3.47. The van der Waals surface area contributed by atoms with Crippen molar-refractivity contribution in [2.75, 3.05) is 17.6 Å². The Morgan fingerprint density at radius 1 is 1.29 bits per heavy atom. The number of anilines is 1. The molecule has 0 spiro atoms. The van der Waals surface area contributed by atoms with Crippen LogP contribution in [0.4, 0.5) is 5.69 Å². The maximum absolute atomic E-state index is 11.6. The molecule has 0 radical (unpaired) electrons. The van der Waals surface area contributed by atoms with E-state index in [1.165, 1.54) is 7.11 Å². The number of hydrogen-bond acceptors (Lipinski definition) is 4. The average Bonchev–Trinajstić information content (AvgIpc) is 2.29. The van der Waals surface area contributed by atoms with Crippen molar-refractivity contribution in [2.24, 2.45) is 0 Å². The van der Waals surface area contributed by atoms with Gasteiger partial charge in [-0.05, 0) is 18.6 Å². The first-order valence-electron chi connectivity index (χ1n) is 5.16. The first-order valence-corrected chi connectivity index (χ1v) is 6.81. The highest BCUT2D eigenvalue weighted by Crippen LogP contribution is 2.09. The lowest BCUT2D eigenvalue weighted by Crippen LogP contribution is -2.17. The zero-order valence-corrected chi connectivity index (χ0v) is 10.4. The minimum atomic E-state index is -3.40. The molecule has 1 N–H and O–H groups in total. The highest BCUT2D eigenvalue weighted by molar-refractivity contribution is 7.92. The number of methoxy groups -OCH3 is 1. The van der Waals surface area contributed by atoms with E-state index < -0.39 is 16.0 Å². The lowest BCUT2D eigenvalue weighted by atomic mass is 10.3. The Kier molecular flexibility index (Phi) is 4.96. The van der Waals surface area contributed by atoms with Crippen molar-refractivity contribution in [2.45, 2.75) is 12.8 Å². The van der Waals surface area contributed by atoms with E-state index in [-0.39, 0.29) is 18.6 Å². The van der Waals surface area contributed by atoms with E-state index in [2.05, 4.69) is 9.46 Å². The van der Waals surface area contributed by atoms with Crippen molar-refractivity contribution in [1.82, 2.24) is 0 Å².